The van der Waals surface area contributed by atoms with Gasteiger partial charge in [-0.05, 0) is 53.6 Å². The number of aliphatic hydroxyl groups excluding tert-OH is 1. The van der Waals surface area contributed by atoms with Crippen molar-refractivity contribution in [3.8, 4) is 0 Å². The van der Waals surface area contributed by atoms with Gasteiger partial charge in [-0.2, -0.15) is 0 Å². The molecule has 3 amide bonds. The number of anilines is 3. The van der Waals surface area contributed by atoms with E-state index in [0.717, 1.165) is 11.1 Å². The monoisotopic (exact) mass is 618 g/mol. The SMILES string of the molecule is C[C@@H](/C=C/CC(=O)N(CCO)Cc1ccccc1)[C@]1(O)C(=O)N(Cc2ccc(NC(=O)c3ccc(N)cc3)cc2)c2ccccc21. The predicted octanol–water partition coefficient (Wildman–Crippen LogP) is 4.86. The first-order chi connectivity index (χ1) is 22.2. The molecule has 46 heavy (non-hydrogen) atoms. The molecule has 0 radical (unpaired) electrons. The summed E-state index contributed by atoms with van der Waals surface area (Å²) in [5.74, 6) is -1.52. The van der Waals surface area contributed by atoms with Crippen molar-refractivity contribution in [1.29, 1.82) is 0 Å². The molecule has 5 rings (SSSR count). The maximum atomic E-state index is 13.9. The highest BCUT2D eigenvalue weighted by Gasteiger charge is 2.52. The highest BCUT2D eigenvalue weighted by atomic mass is 16.3. The minimum absolute atomic E-state index is 0.0635. The predicted molar refractivity (Wildman–Crippen MR) is 179 cm³/mol. The molecule has 4 aromatic carbocycles. The van der Waals surface area contributed by atoms with Gasteiger partial charge in [0, 0.05) is 47.9 Å². The molecule has 1 aliphatic rings. The first-order valence-electron chi connectivity index (χ1n) is 15.2. The standard InChI is InChI=1S/C37H38N4O5/c1-26(8-7-13-34(43)40(22-23-42)24-27-9-3-2-4-10-27)37(46)32-11-5-6-12-33(32)41(36(37)45)25-28-14-20-31(21-15-28)39-35(44)29-16-18-30(38)19-17-29/h2-12,14-21,26,42,46H,13,22-25,38H2,1H3,(H,39,44)/b8-7+/t26-,37+/m0/s1. The third kappa shape index (κ3) is 7.01. The fourth-order valence-electron chi connectivity index (χ4n) is 5.63. The van der Waals surface area contributed by atoms with Gasteiger partial charge in [0.1, 0.15) is 0 Å². The Morgan fingerprint density at radius 3 is 2.30 bits per heavy atom. The summed E-state index contributed by atoms with van der Waals surface area (Å²) in [6, 6.07) is 30.6. The summed E-state index contributed by atoms with van der Waals surface area (Å²) >= 11 is 0. The Kier molecular flexibility index (Phi) is 9.95. The molecule has 5 N–H and O–H groups in total. The molecular weight excluding hydrogens is 580 g/mol. The molecule has 0 bridgehead atoms. The number of hydrogen-bond acceptors (Lipinski definition) is 6. The average Bonchev–Trinajstić information content (AvgIpc) is 3.28. The molecule has 0 saturated heterocycles. The lowest BCUT2D eigenvalue weighted by molar-refractivity contribution is -0.139. The van der Waals surface area contributed by atoms with Crippen LogP contribution in [-0.2, 0) is 28.3 Å². The number of para-hydroxylation sites is 1. The number of nitrogens with one attached hydrogen (secondary N) is 1. The van der Waals surface area contributed by atoms with Gasteiger partial charge in [-0.25, -0.2) is 0 Å². The van der Waals surface area contributed by atoms with Crippen molar-refractivity contribution in [2.45, 2.75) is 32.0 Å². The van der Waals surface area contributed by atoms with Crippen LogP contribution in [0.3, 0.4) is 0 Å². The van der Waals surface area contributed by atoms with Gasteiger partial charge < -0.3 is 31.1 Å². The van der Waals surface area contributed by atoms with E-state index in [1.165, 1.54) is 0 Å². The van der Waals surface area contributed by atoms with Crippen molar-refractivity contribution < 1.29 is 24.6 Å². The first kappa shape index (κ1) is 32.2. The quantitative estimate of drug-likeness (QED) is 0.132. The van der Waals surface area contributed by atoms with Gasteiger partial charge in [0.25, 0.3) is 11.8 Å². The number of aliphatic hydroxyl groups is 2. The van der Waals surface area contributed by atoms with Gasteiger partial charge in [-0.15, -0.1) is 0 Å². The number of carbonyl (C=O) groups is 3. The smallest absolute Gasteiger partial charge is 0.264 e. The summed E-state index contributed by atoms with van der Waals surface area (Å²) in [4.78, 5) is 42.6. The van der Waals surface area contributed by atoms with Gasteiger partial charge >= 0.3 is 0 Å². The number of amides is 3. The maximum absolute atomic E-state index is 13.9. The second-order valence-corrected chi connectivity index (χ2v) is 11.4. The molecule has 0 unspecified atom stereocenters. The highest BCUT2D eigenvalue weighted by molar-refractivity contribution is 6.07. The fraction of sp³-hybridized carbons (Fsp3) is 0.216. The Balaban J connectivity index is 1.26. The number of carbonyl (C=O) groups excluding carboxylic acids is 3. The van der Waals surface area contributed by atoms with E-state index in [4.69, 9.17) is 5.73 Å². The summed E-state index contributed by atoms with van der Waals surface area (Å²) < 4.78 is 0. The van der Waals surface area contributed by atoms with E-state index in [0.29, 0.717) is 34.7 Å². The van der Waals surface area contributed by atoms with Crippen LogP contribution in [0.1, 0.15) is 40.4 Å². The van der Waals surface area contributed by atoms with E-state index in [-0.39, 0.29) is 37.9 Å². The topological polar surface area (TPSA) is 136 Å². The molecule has 1 aliphatic heterocycles. The average molecular weight is 619 g/mol. The lowest BCUT2D eigenvalue weighted by atomic mass is 9.83. The Morgan fingerprint density at radius 2 is 1.61 bits per heavy atom. The summed E-state index contributed by atoms with van der Waals surface area (Å²) in [5, 5.41) is 24.3. The van der Waals surface area contributed by atoms with Crippen LogP contribution in [0, 0.1) is 5.92 Å². The third-order valence-corrected chi connectivity index (χ3v) is 8.22. The molecule has 0 saturated carbocycles. The van der Waals surface area contributed by atoms with Gasteiger partial charge in [-0.1, -0.05) is 79.7 Å². The summed E-state index contributed by atoms with van der Waals surface area (Å²) in [7, 11) is 0. The Bertz CT molecular complexity index is 1710. The molecule has 0 fully saturated rings. The molecule has 2 atom stereocenters. The van der Waals surface area contributed by atoms with E-state index >= 15 is 0 Å². The van der Waals surface area contributed by atoms with Crippen molar-refractivity contribution in [3.63, 3.8) is 0 Å². The van der Waals surface area contributed by atoms with Crippen molar-refractivity contribution in [2.75, 3.05) is 29.1 Å². The fourth-order valence-corrected chi connectivity index (χ4v) is 5.63. The molecule has 0 aliphatic carbocycles. The normalized spacial score (nSPS) is 16.3. The van der Waals surface area contributed by atoms with Crippen LogP contribution < -0.4 is 16.0 Å². The van der Waals surface area contributed by atoms with Crippen LogP contribution in [0.25, 0.3) is 0 Å². The zero-order chi connectivity index (χ0) is 32.7. The Morgan fingerprint density at radius 1 is 0.935 bits per heavy atom. The number of rotatable bonds is 12. The number of benzene rings is 4. The zero-order valence-electron chi connectivity index (χ0n) is 25.7. The summed E-state index contributed by atoms with van der Waals surface area (Å²) in [5.41, 5.74) is 8.44. The van der Waals surface area contributed by atoms with Crippen molar-refractivity contribution in [3.05, 3.63) is 138 Å². The first-order valence-corrected chi connectivity index (χ1v) is 15.2. The second kappa shape index (κ2) is 14.2. The molecule has 9 heteroatoms. The number of nitrogens with zero attached hydrogens (tertiary/aromatic N) is 2. The van der Waals surface area contributed by atoms with Gasteiger partial charge in [0.15, 0.2) is 5.60 Å². The summed E-state index contributed by atoms with van der Waals surface area (Å²) in [6.07, 6.45) is 3.44. The van der Waals surface area contributed by atoms with Crippen LogP contribution in [0.5, 0.6) is 0 Å². The number of nitrogen functional groups attached to an aromatic ring is 1. The molecule has 0 spiro atoms. The van der Waals surface area contributed by atoms with Gasteiger partial charge in [0.2, 0.25) is 5.91 Å². The molecule has 1 heterocycles. The molecule has 236 valence electrons. The summed E-state index contributed by atoms with van der Waals surface area (Å²) in [6.45, 7) is 2.41. The van der Waals surface area contributed by atoms with Crippen LogP contribution in [0.15, 0.2) is 115 Å². The minimum Gasteiger partial charge on any atom is -0.399 e. The lowest BCUT2D eigenvalue weighted by Crippen LogP contribution is -2.44. The van der Waals surface area contributed by atoms with E-state index in [9.17, 15) is 24.6 Å². The lowest BCUT2D eigenvalue weighted by Gasteiger charge is -2.28. The number of fused-ring (bicyclic) bond motifs is 1. The molecule has 0 aromatic heterocycles. The van der Waals surface area contributed by atoms with E-state index in [1.54, 1.807) is 77.4 Å². The highest BCUT2D eigenvalue weighted by Crippen LogP contribution is 2.45. The van der Waals surface area contributed by atoms with Crippen LogP contribution in [-0.4, -0.2) is 46.0 Å². The van der Waals surface area contributed by atoms with E-state index in [2.05, 4.69) is 5.32 Å². The molecule has 4 aromatic rings. The number of nitrogens with two attached hydrogens (primary N) is 1. The van der Waals surface area contributed by atoms with Crippen molar-refractivity contribution >= 4 is 34.8 Å². The zero-order valence-corrected chi connectivity index (χ0v) is 25.7. The third-order valence-electron chi connectivity index (χ3n) is 8.22. The number of hydrogen-bond donors (Lipinski definition) is 4. The van der Waals surface area contributed by atoms with Gasteiger partial charge in [-0.3, -0.25) is 14.4 Å². The molecular formula is C37H38N4O5. The largest absolute Gasteiger partial charge is 0.399 e. The van der Waals surface area contributed by atoms with Crippen LogP contribution in [0.2, 0.25) is 0 Å². The maximum Gasteiger partial charge on any atom is 0.264 e. The second-order valence-electron chi connectivity index (χ2n) is 11.4. The van der Waals surface area contributed by atoms with Crippen LogP contribution >= 0.6 is 0 Å². The minimum atomic E-state index is -1.82. The van der Waals surface area contributed by atoms with E-state index in [1.807, 2.05) is 54.6 Å². The Hall–Kier alpha value is -5.25. The van der Waals surface area contributed by atoms with Gasteiger partial charge in [0.05, 0.1) is 18.8 Å². The van der Waals surface area contributed by atoms with Crippen LogP contribution in [0.4, 0.5) is 17.1 Å². The van der Waals surface area contributed by atoms with Crippen molar-refractivity contribution in [2.24, 2.45) is 5.92 Å². The van der Waals surface area contributed by atoms with E-state index < -0.39 is 17.4 Å². The van der Waals surface area contributed by atoms with Crippen molar-refractivity contribution in [1.82, 2.24) is 4.90 Å². The molecule has 9 nitrogen and oxygen atoms in total. The Labute approximate surface area is 268 Å².